The molecule has 4 nitrogen and oxygen atoms in total. The molecule has 0 amide bonds. The van der Waals surface area contributed by atoms with Crippen molar-refractivity contribution in [3.05, 3.63) is 23.8 Å². The first-order chi connectivity index (χ1) is 8.21. The lowest BCUT2D eigenvalue weighted by Gasteiger charge is -2.32. The number of quaternary nitrogens is 1. The highest BCUT2D eigenvalue weighted by Crippen LogP contribution is 2.48. The SMILES string of the molecule is CCC1c2cccc(S(=O)(=O)O)c2[N+](C)(C)C1C. The summed E-state index contributed by atoms with van der Waals surface area (Å²) >= 11 is 0. The molecular weight excluding hydrogens is 250 g/mol. The lowest BCUT2D eigenvalue weighted by molar-refractivity contribution is 0.297. The molecule has 0 spiro atoms. The molecule has 0 aromatic heterocycles. The number of rotatable bonds is 2. The van der Waals surface area contributed by atoms with Crippen molar-refractivity contribution in [3.63, 3.8) is 0 Å². The van der Waals surface area contributed by atoms with Crippen LogP contribution in [0.1, 0.15) is 31.7 Å². The molecule has 1 aliphatic heterocycles. The third-order valence-electron chi connectivity index (χ3n) is 4.32. The van der Waals surface area contributed by atoms with E-state index in [1.807, 2.05) is 20.2 Å². The van der Waals surface area contributed by atoms with Crippen LogP contribution >= 0.6 is 0 Å². The molecule has 18 heavy (non-hydrogen) atoms. The van der Waals surface area contributed by atoms with Crippen LogP contribution in [-0.4, -0.2) is 33.1 Å². The number of fused-ring (bicyclic) bond motifs is 1. The van der Waals surface area contributed by atoms with Crippen molar-refractivity contribution >= 4 is 15.8 Å². The molecule has 100 valence electrons. The number of likely N-dealkylation sites (N-methyl/N-ethyl adjacent to an activating group) is 1. The van der Waals surface area contributed by atoms with E-state index in [1.54, 1.807) is 6.07 Å². The topological polar surface area (TPSA) is 54.4 Å². The van der Waals surface area contributed by atoms with Crippen molar-refractivity contribution in [3.8, 4) is 0 Å². The Morgan fingerprint density at radius 2 is 1.94 bits per heavy atom. The fourth-order valence-electron chi connectivity index (χ4n) is 3.14. The third-order valence-corrected chi connectivity index (χ3v) is 5.21. The van der Waals surface area contributed by atoms with Crippen LogP contribution in [-0.2, 0) is 10.1 Å². The van der Waals surface area contributed by atoms with Crippen molar-refractivity contribution in [1.82, 2.24) is 4.48 Å². The Labute approximate surface area is 109 Å². The maximum atomic E-state index is 11.5. The predicted molar refractivity (Wildman–Crippen MR) is 72.4 cm³/mol. The van der Waals surface area contributed by atoms with E-state index in [4.69, 9.17) is 0 Å². The average molecular weight is 270 g/mol. The summed E-state index contributed by atoms with van der Waals surface area (Å²) in [5, 5.41) is 0. The van der Waals surface area contributed by atoms with Crippen LogP contribution in [0.2, 0.25) is 0 Å². The van der Waals surface area contributed by atoms with E-state index < -0.39 is 10.1 Å². The lowest BCUT2D eigenvalue weighted by atomic mass is 9.93. The van der Waals surface area contributed by atoms with E-state index in [1.165, 1.54) is 6.07 Å². The summed E-state index contributed by atoms with van der Waals surface area (Å²) < 4.78 is 32.9. The van der Waals surface area contributed by atoms with Crippen LogP contribution in [0.25, 0.3) is 0 Å². The molecule has 2 rings (SSSR count). The quantitative estimate of drug-likeness (QED) is 0.663. The third kappa shape index (κ3) is 1.77. The fourth-order valence-corrected chi connectivity index (χ4v) is 3.99. The van der Waals surface area contributed by atoms with Gasteiger partial charge in [-0.1, -0.05) is 19.1 Å². The lowest BCUT2D eigenvalue weighted by Crippen LogP contribution is -2.47. The summed E-state index contributed by atoms with van der Waals surface area (Å²) in [6.07, 6.45) is 0.963. The zero-order valence-electron chi connectivity index (χ0n) is 11.2. The molecule has 2 unspecified atom stereocenters. The first kappa shape index (κ1) is 13.5. The Balaban J connectivity index is 2.79. The van der Waals surface area contributed by atoms with Gasteiger partial charge >= 0.3 is 0 Å². The summed E-state index contributed by atoms with van der Waals surface area (Å²) in [7, 11) is -0.182. The van der Waals surface area contributed by atoms with Crippen molar-refractivity contribution in [2.45, 2.75) is 37.1 Å². The predicted octanol–water partition coefficient (Wildman–Crippen LogP) is 2.40. The minimum absolute atomic E-state index is 0.0489. The Morgan fingerprint density at radius 3 is 2.44 bits per heavy atom. The molecule has 1 aromatic carbocycles. The van der Waals surface area contributed by atoms with Crippen LogP contribution in [0.4, 0.5) is 5.69 Å². The Morgan fingerprint density at radius 1 is 1.33 bits per heavy atom. The van der Waals surface area contributed by atoms with Crippen molar-refractivity contribution in [1.29, 1.82) is 0 Å². The number of para-hydroxylation sites is 1. The largest absolute Gasteiger partial charge is 0.300 e. The highest BCUT2D eigenvalue weighted by atomic mass is 32.2. The van der Waals surface area contributed by atoms with Crippen LogP contribution in [0.5, 0.6) is 0 Å². The van der Waals surface area contributed by atoms with Crippen molar-refractivity contribution < 1.29 is 13.0 Å². The number of hydrogen-bond donors (Lipinski definition) is 1. The molecule has 1 heterocycles. The highest BCUT2D eigenvalue weighted by Gasteiger charge is 2.47. The smallest absolute Gasteiger partial charge is 0.292 e. The molecule has 0 radical (unpaired) electrons. The minimum atomic E-state index is -4.17. The average Bonchev–Trinajstić information content (AvgIpc) is 2.46. The van der Waals surface area contributed by atoms with Crippen LogP contribution < -0.4 is 4.48 Å². The van der Waals surface area contributed by atoms with E-state index in [-0.39, 0.29) is 4.90 Å². The number of hydrogen-bond acceptors (Lipinski definition) is 2. The molecule has 0 aliphatic carbocycles. The zero-order chi connectivity index (χ0) is 13.7. The molecule has 1 N–H and O–H groups in total. The maximum Gasteiger partial charge on any atom is 0.300 e. The Kier molecular flexibility index (Phi) is 3.04. The maximum absolute atomic E-state index is 11.5. The summed E-state index contributed by atoms with van der Waals surface area (Å²) in [6, 6.07) is 5.47. The highest BCUT2D eigenvalue weighted by molar-refractivity contribution is 7.86. The molecule has 1 aromatic rings. The van der Waals surface area contributed by atoms with Gasteiger partial charge in [-0.15, -0.1) is 0 Å². The van der Waals surface area contributed by atoms with E-state index in [9.17, 15) is 13.0 Å². The van der Waals surface area contributed by atoms with Gasteiger partial charge in [-0.25, -0.2) is 0 Å². The Bertz CT molecular complexity index is 578. The van der Waals surface area contributed by atoms with Crippen LogP contribution in [0.3, 0.4) is 0 Å². The second-order valence-corrected chi connectivity index (χ2v) is 6.85. The summed E-state index contributed by atoms with van der Waals surface area (Å²) in [5.74, 6) is 0.330. The molecule has 2 atom stereocenters. The van der Waals surface area contributed by atoms with Gasteiger partial charge in [-0.05, 0) is 19.4 Å². The van der Waals surface area contributed by atoms with Crippen molar-refractivity contribution in [2.75, 3.05) is 14.1 Å². The van der Waals surface area contributed by atoms with Crippen LogP contribution in [0.15, 0.2) is 23.1 Å². The standard InChI is InChI=1S/C13H19NO3S/c1-5-10-9(2)14(3,4)13-11(10)7-6-8-12(13)18(15,16)17/h6-10H,5H2,1-4H3/p+1. The van der Waals surface area contributed by atoms with Gasteiger partial charge in [0.15, 0.2) is 10.6 Å². The van der Waals surface area contributed by atoms with E-state index in [0.717, 1.165) is 17.7 Å². The molecule has 0 saturated heterocycles. The molecule has 0 saturated carbocycles. The Hall–Kier alpha value is -0.910. The van der Waals surface area contributed by atoms with Gasteiger partial charge < -0.3 is 0 Å². The van der Waals surface area contributed by atoms with Gasteiger partial charge in [0.1, 0.15) is 0 Å². The molecular formula is C13H20NO3S+. The number of nitrogens with zero attached hydrogens (tertiary/aromatic N) is 1. The summed E-state index contributed by atoms with van der Waals surface area (Å²) in [6.45, 7) is 4.23. The first-order valence-electron chi connectivity index (χ1n) is 6.15. The van der Waals surface area contributed by atoms with Gasteiger partial charge in [0.05, 0.1) is 20.1 Å². The van der Waals surface area contributed by atoms with Gasteiger partial charge in [0.2, 0.25) is 0 Å². The van der Waals surface area contributed by atoms with Gasteiger partial charge in [0, 0.05) is 11.5 Å². The molecule has 0 fully saturated rings. The summed E-state index contributed by atoms with van der Waals surface area (Å²) in [5.41, 5.74) is 1.78. The van der Waals surface area contributed by atoms with Gasteiger partial charge in [-0.3, -0.25) is 9.04 Å². The molecule has 5 heteroatoms. The number of benzene rings is 1. The fraction of sp³-hybridized carbons (Fsp3) is 0.538. The van der Waals surface area contributed by atoms with E-state index in [0.29, 0.717) is 16.4 Å². The normalized spacial score (nSPS) is 26.1. The van der Waals surface area contributed by atoms with Crippen molar-refractivity contribution in [2.24, 2.45) is 0 Å². The van der Waals surface area contributed by atoms with Crippen LogP contribution in [0, 0.1) is 0 Å². The van der Waals surface area contributed by atoms with E-state index >= 15 is 0 Å². The molecule has 0 bridgehead atoms. The van der Waals surface area contributed by atoms with Gasteiger partial charge in [-0.2, -0.15) is 8.42 Å². The monoisotopic (exact) mass is 270 g/mol. The second kappa shape index (κ2) is 4.05. The molecule has 1 aliphatic rings. The first-order valence-corrected chi connectivity index (χ1v) is 7.60. The zero-order valence-corrected chi connectivity index (χ0v) is 12.0. The minimum Gasteiger partial charge on any atom is -0.292 e. The summed E-state index contributed by atoms with van der Waals surface area (Å²) in [4.78, 5) is 0.0489. The van der Waals surface area contributed by atoms with Gasteiger partial charge in [0.25, 0.3) is 10.1 Å². The second-order valence-electron chi connectivity index (χ2n) is 5.46. The van der Waals surface area contributed by atoms with E-state index in [2.05, 4.69) is 13.8 Å².